The van der Waals surface area contributed by atoms with Crippen molar-refractivity contribution in [3.63, 3.8) is 0 Å². The minimum atomic E-state index is -0.156. The van der Waals surface area contributed by atoms with Crippen LogP contribution in [0, 0.1) is 5.92 Å². The zero-order valence-corrected chi connectivity index (χ0v) is 27.1. The number of aromatic nitrogens is 5. The maximum absolute atomic E-state index is 13.8. The number of hydrogen-bond donors (Lipinski definition) is 0. The lowest BCUT2D eigenvalue weighted by atomic mass is 9.69. The van der Waals surface area contributed by atoms with Crippen LogP contribution >= 0.6 is 0 Å². The van der Waals surface area contributed by atoms with Gasteiger partial charge in [0, 0.05) is 51.0 Å². The second-order valence-corrected chi connectivity index (χ2v) is 12.5. The molecule has 0 N–H and O–H groups in total. The zero-order chi connectivity index (χ0) is 31.8. The highest BCUT2D eigenvalue weighted by molar-refractivity contribution is 5.87. The summed E-state index contributed by atoms with van der Waals surface area (Å²) in [5.41, 5.74) is 5.07. The molecule has 1 saturated carbocycles. The number of rotatable bonds is 7. The number of amides is 1. The molecule has 0 atom stereocenters. The summed E-state index contributed by atoms with van der Waals surface area (Å²) in [4.78, 5) is 34.4. The zero-order valence-electron chi connectivity index (χ0n) is 27.1. The summed E-state index contributed by atoms with van der Waals surface area (Å²) in [6, 6.07) is 10.3. The predicted octanol–water partition coefficient (Wildman–Crippen LogP) is 4.50. The highest BCUT2D eigenvalue weighted by Crippen LogP contribution is 2.49. The molecule has 2 aliphatic heterocycles. The molecule has 1 spiro atoms. The van der Waals surface area contributed by atoms with Gasteiger partial charge in [-0.15, -0.1) is 0 Å². The van der Waals surface area contributed by atoms with Crippen molar-refractivity contribution >= 4 is 28.8 Å². The van der Waals surface area contributed by atoms with Crippen LogP contribution in [-0.2, 0) is 23.3 Å². The van der Waals surface area contributed by atoms with Crippen LogP contribution in [0.5, 0.6) is 11.5 Å². The summed E-state index contributed by atoms with van der Waals surface area (Å²) in [5.74, 6) is 2.66. The number of nitrogens with zero attached hydrogens (tertiary/aromatic N) is 8. The first-order chi connectivity index (χ1) is 22.4. The van der Waals surface area contributed by atoms with Gasteiger partial charge < -0.3 is 24.2 Å². The molecule has 5 heterocycles. The lowest BCUT2D eigenvalue weighted by Crippen LogP contribution is -2.52. The minimum absolute atomic E-state index is 0.0314. The van der Waals surface area contributed by atoms with Gasteiger partial charge in [0.05, 0.1) is 43.6 Å². The van der Waals surface area contributed by atoms with E-state index in [0.717, 1.165) is 90.5 Å². The van der Waals surface area contributed by atoms with Gasteiger partial charge in [0.25, 0.3) is 0 Å². The third-order valence-corrected chi connectivity index (χ3v) is 10.2. The van der Waals surface area contributed by atoms with Crippen LogP contribution in [0.1, 0.15) is 55.1 Å². The van der Waals surface area contributed by atoms with E-state index in [4.69, 9.17) is 14.5 Å². The number of carbonyl (C=O) groups excluding carboxylic acids is 1. The van der Waals surface area contributed by atoms with Gasteiger partial charge in [-0.25, -0.2) is 14.6 Å². The first-order valence-electron chi connectivity index (χ1n) is 16.3. The summed E-state index contributed by atoms with van der Waals surface area (Å²) >= 11 is 0. The van der Waals surface area contributed by atoms with Crippen molar-refractivity contribution in [1.82, 2.24) is 34.5 Å². The maximum Gasteiger partial charge on any atom is 0.225 e. The summed E-state index contributed by atoms with van der Waals surface area (Å²) in [6.07, 6.45) is 12.2. The Morgan fingerprint density at radius 2 is 1.74 bits per heavy atom. The Morgan fingerprint density at radius 1 is 1.00 bits per heavy atom. The van der Waals surface area contributed by atoms with Crippen LogP contribution in [0.3, 0.4) is 0 Å². The van der Waals surface area contributed by atoms with Gasteiger partial charge in [0.15, 0.2) is 17.1 Å². The maximum atomic E-state index is 13.8. The fourth-order valence-corrected chi connectivity index (χ4v) is 7.54. The Bertz CT molecular complexity index is 1770. The van der Waals surface area contributed by atoms with Gasteiger partial charge in [0.1, 0.15) is 12.1 Å². The van der Waals surface area contributed by atoms with Crippen molar-refractivity contribution in [2.24, 2.45) is 5.92 Å². The fourth-order valence-electron chi connectivity index (χ4n) is 7.54. The molecule has 0 radical (unpaired) electrons. The largest absolute Gasteiger partial charge is 0.493 e. The number of benzene rings is 1. The normalized spacial score (nSPS) is 21.1. The minimum Gasteiger partial charge on any atom is -0.493 e. The Balaban J connectivity index is 1.00. The van der Waals surface area contributed by atoms with E-state index in [2.05, 4.69) is 68.1 Å². The molecular formula is C35H42N8O3. The average molecular weight is 623 g/mol. The number of methoxy groups -OCH3 is 2. The molecule has 3 aromatic heterocycles. The third kappa shape index (κ3) is 5.21. The van der Waals surface area contributed by atoms with Crippen molar-refractivity contribution in [2.45, 2.75) is 51.1 Å². The van der Waals surface area contributed by atoms with Crippen LogP contribution in [0.2, 0.25) is 0 Å². The van der Waals surface area contributed by atoms with E-state index in [1.54, 1.807) is 20.5 Å². The lowest BCUT2D eigenvalue weighted by Gasteiger charge is -2.49. The second kappa shape index (κ2) is 12.3. The predicted molar refractivity (Wildman–Crippen MR) is 177 cm³/mol. The molecule has 46 heavy (non-hydrogen) atoms. The average Bonchev–Trinajstić information content (AvgIpc) is 3.52. The molecule has 11 heteroatoms. The van der Waals surface area contributed by atoms with E-state index >= 15 is 0 Å². The van der Waals surface area contributed by atoms with Crippen molar-refractivity contribution in [3.05, 3.63) is 71.6 Å². The van der Waals surface area contributed by atoms with Crippen molar-refractivity contribution in [3.8, 4) is 11.5 Å². The molecule has 7 rings (SSSR count). The van der Waals surface area contributed by atoms with E-state index in [9.17, 15) is 4.79 Å². The Hall–Kier alpha value is -4.67. The van der Waals surface area contributed by atoms with Crippen LogP contribution in [0.15, 0.2) is 49.1 Å². The fraction of sp³-hybridized carbons (Fsp3) is 0.457. The van der Waals surface area contributed by atoms with Gasteiger partial charge in [-0.05, 0) is 73.6 Å². The monoisotopic (exact) mass is 622 g/mol. The number of ether oxygens (including phenoxy) is 2. The van der Waals surface area contributed by atoms with E-state index in [1.165, 1.54) is 5.56 Å². The topological polar surface area (TPSA) is 102 Å². The molecule has 240 valence electrons. The molecule has 3 aliphatic rings. The summed E-state index contributed by atoms with van der Waals surface area (Å²) in [7, 11) is 5.50. The number of hydrogen-bond acceptors (Lipinski definition) is 9. The quantitative estimate of drug-likeness (QED) is 0.295. The first-order valence-corrected chi connectivity index (χ1v) is 16.3. The Morgan fingerprint density at radius 3 is 2.48 bits per heavy atom. The number of piperazine rings is 1. The summed E-state index contributed by atoms with van der Waals surface area (Å²) < 4.78 is 13.1. The van der Waals surface area contributed by atoms with Gasteiger partial charge in [0.2, 0.25) is 5.91 Å². The Labute approximate surface area is 269 Å². The van der Waals surface area contributed by atoms with E-state index in [1.807, 2.05) is 29.1 Å². The van der Waals surface area contributed by atoms with Gasteiger partial charge >= 0.3 is 0 Å². The third-order valence-electron chi connectivity index (χ3n) is 10.2. The highest BCUT2D eigenvalue weighted by Gasteiger charge is 2.44. The number of aryl methyl sites for hydroxylation is 1. The van der Waals surface area contributed by atoms with Crippen LogP contribution < -0.4 is 14.4 Å². The van der Waals surface area contributed by atoms with Crippen LogP contribution in [0.25, 0.3) is 17.1 Å². The standard InChI is InChI=1S/C35H42N8O3/c1-5-26-7-6-8-27(39-26)22-43-33-28(21-38-43)32(36-23-37-33)41-15-17-42(18-16-41)34(44)24-9-12-35(13-10-24)29-20-31(46-4)30(45-3)19-25(29)11-14-40(35)2/h6-8,11,14,19-21,23-24H,5,9-10,12-13,15-18,22H2,1-4H3. The summed E-state index contributed by atoms with van der Waals surface area (Å²) in [5, 5.41) is 5.56. The molecule has 1 amide bonds. The number of pyridine rings is 1. The molecule has 4 aromatic rings. The van der Waals surface area contributed by atoms with Gasteiger partial charge in [-0.1, -0.05) is 13.0 Å². The van der Waals surface area contributed by atoms with Crippen LogP contribution in [-0.4, -0.2) is 87.9 Å². The lowest BCUT2D eigenvalue weighted by molar-refractivity contribution is -0.137. The smallest absolute Gasteiger partial charge is 0.225 e. The molecule has 0 bridgehead atoms. The van der Waals surface area contributed by atoms with E-state index < -0.39 is 0 Å². The number of anilines is 1. The first kappa shape index (κ1) is 30.0. The van der Waals surface area contributed by atoms with E-state index in [-0.39, 0.29) is 17.4 Å². The summed E-state index contributed by atoms with van der Waals surface area (Å²) in [6.45, 7) is 5.46. The molecule has 1 aromatic carbocycles. The van der Waals surface area contributed by atoms with Crippen molar-refractivity contribution < 1.29 is 14.3 Å². The van der Waals surface area contributed by atoms with Gasteiger partial charge in [-0.3, -0.25) is 9.78 Å². The van der Waals surface area contributed by atoms with Crippen molar-refractivity contribution in [1.29, 1.82) is 0 Å². The second-order valence-electron chi connectivity index (χ2n) is 12.5. The highest BCUT2D eigenvalue weighted by atomic mass is 16.5. The molecule has 0 unspecified atom stereocenters. The van der Waals surface area contributed by atoms with Gasteiger partial charge in [-0.2, -0.15) is 5.10 Å². The molecule has 2 fully saturated rings. The molecule has 1 saturated heterocycles. The van der Waals surface area contributed by atoms with Crippen LogP contribution in [0.4, 0.5) is 5.82 Å². The molecule has 11 nitrogen and oxygen atoms in total. The Kier molecular flexibility index (Phi) is 8.00. The number of fused-ring (bicyclic) bond motifs is 3. The SMILES string of the molecule is CCc1cccc(Cn2ncc3c(N4CCN(C(=O)C5CCC6(CC5)c5cc(OC)c(OC)cc5C=CN6C)CC4)ncnc32)n1. The molecule has 1 aliphatic carbocycles. The van der Waals surface area contributed by atoms with Crippen molar-refractivity contribution in [2.75, 3.05) is 52.3 Å². The van der Waals surface area contributed by atoms with E-state index in [0.29, 0.717) is 19.6 Å². The number of carbonyl (C=O) groups is 1. The molecular weight excluding hydrogens is 580 g/mol.